The third kappa shape index (κ3) is 4.82. The Kier molecular flexibility index (Phi) is 5.52. The first-order chi connectivity index (χ1) is 9.26. The second-order valence-corrected chi connectivity index (χ2v) is 4.44. The summed E-state index contributed by atoms with van der Waals surface area (Å²) in [5.41, 5.74) is 2.31. The first-order valence-corrected chi connectivity index (χ1v) is 5.93. The number of hydrogen-bond donors (Lipinski definition) is 2. The van der Waals surface area contributed by atoms with E-state index in [-0.39, 0.29) is 30.1 Å². The van der Waals surface area contributed by atoms with Gasteiger partial charge in [0, 0.05) is 19.2 Å². The van der Waals surface area contributed by atoms with Crippen molar-refractivity contribution in [3.8, 4) is 0 Å². The quantitative estimate of drug-likeness (QED) is 0.614. The van der Waals surface area contributed by atoms with Crippen LogP contribution in [0.2, 0.25) is 0 Å². The van der Waals surface area contributed by atoms with Gasteiger partial charge in [-0.05, 0) is 13.8 Å². The first kappa shape index (κ1) is 16.4. The molecule has 0 aliphatic rings. The van der Waals surface area contributed by atoms with E-state index in [1.807, 2.05) is 0 Å². The van der Waals surface area contributed by atoms with Crippen LogP contribution in [0.25, 0.3) is 0 Å². The van der Waals surface area contributed by atoms with Crippen LogP contribution in [0.5, 0.6) is 0 Å². The van der Waals surface area contributed by atoms with Crippen molar-refractivity contribution in [1.29, 1.82) is 0 Å². The van der Waals surface area contributed by atoms with Crippen molar-refractivity contribution < 1.29 is 17.9 Å². The molecular weight excluding hydrogens is 275 g/mol. The van der Waals surface area contributed by atoms with Gasteiger partial charge in [-0.15, -0.1) is 0 Å². The Labute approximate surface area is 115 Å². The number of nitrogens with zero attached hydrogens (tertiary/aromatic N) is 3. The van der Waals surface area contributed by atoms with E-state index in [4.69, 9.17) is 10.6 Å². The first-order valence-electron chi connectivity index (χ1n) is 5.93. The zero-order valence-corrected chi connectivity index (χ0v) is 11.5. The van der Waals surface area contributed by atoms with Crippen LogP contribution in [-0.2, 0) is 11.3 Å². The van der Waals surface area contributed by atoms with Crippen LogP contribution >= 0.6 is 0 Å². The van der Waals surface area contributed by atoms with Crippen molar-refractivity contribution in [2.24, 2.45) is 5.84 Å². The average Bonchev–Trinajstić information content (AvgIpc) is 2.34. The predicted octanol–water partition coefficient (Wildman–Crippen LogP) is 1.69. The number of nitrogens with one attached hydrogen (secondary N) is 1. The number of alkyl halides is 3. The molecule has 0 amide bonds. The van der Waals surface area contributed by atoms with Gasteiger partial charge in [-0.1, -0.05) is 0 Å². The van der Waals surface area contributed by atoms with Crippen molar-refractivity contribution >= 4 is 11.6 Å². The molecule has 114 valence electrons. The largest absolute Gasteiger partial charge is 0.405 e. The normalized spacial score (nSPS) is 11.8. The number of rotatable bonds is 6. The van der Waals surface area contributed by atoms with Gasteiger partial charge in [0.05, 0.1) is 0 Å². The molecule has 0 saturated heterocycles. The minimum atomic E-state index is -4.33. The van der Waals surface area contributed by atoms with Crippen LogP contribution in [0.1, 0.15) is 19.7 Å². The summed E-state index contributed by atoms with van der Waals surface area (Å²) in [4.78, 5) is 9.20. The second kappa shape index (κ2) is 6.71. The van der Waals surface area contributed by atoms with Crippen molar-refractivity contribution in [3.05, 3.63) is 11.9 Å². The van der Waals surface area contributed by atoms with E-state index in [0.29, 0.717) is 0 Å². The number of ether oxygens (including phenoxy) is 1. The van der Waals surface area contributed by atoms with Crippen LogP contribution in [-0.4, -0.2) is 35.8 Å². The van der Waals surface area contributed by atoms with E-state index in [1.165, 1.54) is 13.2 Å². The highest BCUT2D eigenvalue weighted by Gasteiger charge is 2.32. The summed E-state index contributed by atoms with van der Waals surface area (Å²) in [6, 6.07) is 0.984. The second-order valence-electron chi connectivity index (χ2n) is 4.44. The Bertz CT molecular complexity index is 439. The summed E-state index contributed by atoms with van der Waals surface area (Å²) in [7, 11) is 1.45. The fourth-order valence-corrected chi connectivity index (χ4v) is 1.62. The monoisotopic (exact) mass is 293 g/mol. The molecule has 3 N–H and O–H groups in total. The molecule has 0 fully saturated rings. The number of anilines is 2. The molecule has 1 aromatic rings. The summed E-state index contributed by atoms with van der Waals surface area (Å²) in [6.45, 7) is 2.29. The summed E-state index contributed by atoms with van der Waals surface area (Å²) in [5.74, 6) is 5.90. The lowest BCUT2D eigenvalue weighted by Gasteiger charge is -2.29. The maximum Gasteiger partial charge on any atom is 0.405 e. The molecule has 1 aromatic heterocycles. The molecule has 0 radical (unpaired) electrons. The van der Waals surface area contributed by atoms with E-state index >= 15 is 0 Å². The minimum absolute atomic E-state index is 0.0838. The lowest BCUT2D eigenvalue weighted by atomic mass is 10.3. The number of nitrogens with two attached hydrogens (primary N) is 1. The predicted molar refractivity (Wildman–Crippen MR) is 69.1 cm³/mol. The van der Waals surface area contributed by atoms with Crippen molar-refractivity contribution in [1.82, 2.24) is 9.97 Å². The Hall–Kier alpha value is -1.61. The standard InChI is InChI=1S/C11H18F3N5O/c1-7(2)19(6-11(12,13)14)10-4-8(18-15)16-9(17-10)5-20-3/h4,7H,5-6,15H2,1-3H3,(H,16,17,18). The molecule has 0 aliphatic heterocycles. The van der Waals surface area contributed by atoms with Gasteiger partial charge in [-0.2, -0.15) is 13.2 Å². The molecule has 6 nitrogen and oxygen atoms in total. The van der Waals surface area contributed by atoms with Crippen LogP contribution < -0.4 is 16.2 Å². The van der Waals surface area contributed by atoms with E-state index in [1.54, 1.807) is 13.8 Å². The molecule has 9 heteroatoms. The SMILES string of the molecule is COCc1nc(NN)cc(N(CC(F)(F)F)C(C)C)n1. The van der Waals surface area contributed by atoms with E-state index in [2.05, 4.69) is 15.4 Å². The van der Waals surface area contributed by atoms with Crippen molar-refractivity contribution in [2.45, 2.75) is 32.7 Å². The van der Waals surface area contributed by atoms with Gasteiger partial charge in [-0.3, -0.25) is 0 Å². The Morgan fingerprint density at radius 2 is 2.05 bits per heavy atom. The molecule has 0 atom stereocenters. The zero-order chi connectivity index (χ0) is 15.3. The number of methoxy groups -OCH3 is 1. The number of nitrogen functional groups attached to an aromatic ring is 1. The number of hydrazine groups is 1. The third-order valence-corrected chi connectivity index (χ3v) is 2.45. The van der Waals surface area contributed by atoms with Crippen LogP contribution in [0.3, 0.4) is 0 Å². The molecule has 0 aromatic carbocycles. The number of hydrogen-bond acceptors (Lipinski definition) is 6. The lowest BCUT2D eigenvalue weighted by molar-refractivity contribution is -0.120. The van der Waals surface area contributed by atoms with Gasteiger partial charge in [0.2, 0.25) is 0 Å². The Balaban J connectivity index is 3.14. The molecule has 20 heavy (non-hydrogen) atoms. The molecule has 0 bridgehead atoms. The Morgan fingerprint density at radius 3 is 2.50 bits per heavy atom. The van der Waals surface area contributed by atoms with Crippen LogP contribution in [0, 0.1) is 0 Å². The highest BCUT2D eigenvalue weighted by atomic mass is 19.4. The maximum atomic E-state index is 12.6. The minimum Gasteiger partial charge on any atom is -0.377 e. The summed E-state index contributed by atoms with van der Waals surface area (Å²) in [5, 5.41) is 0. The van der Waals surface area contributed by atoms with E-state index < -0.39 is 12.7 Å². The van der Waals surface area contributed by atoms with Crippen molar-refractivity contribution in [2.75, 3.05) is 24.0 Å². The number of halogens is 3. The van der Waals surface area contributed by atoms with Gasteiger partial charge >= 0.3 is 6.18 Å². The fraction of sp³-hybridized carbons (Fsp3) is 0.636. The Morgan fingerprint density at radius 1 is 1.40 bits per heavy atom. The maximum absolute atomic E-state index is 12.6. The van der Waals surface area contributed by atoms with Gasteiger partial charge in [-0.25, -0.2) is 15.8 Å². The van der Waals surface area contributed by atoms with Gasteiger partial charge in [0.15, 0.2) is 5.82 Å². The average molecular weight is 293 g/mol. The van der Waals surface area contributed by atoms with E-state index in [9.17, 15) is 13.2 Å². The highest BCUT2D eigenvalue weighted by molar-refractivity contribution is 5.49. The van der Waals surface area contributed by atoms with E-state index in [0.717, 1.165) is 4.90 Å². The summed E-state index contributed by atoms with van der Waals surface area (Å²) >= 11 is 0. The zero-order valence-electron chi connectivity index (χ0n) is 11.5. The van der Waals surface area contributed by atoms with Crippen molar-refractivity contribution in [3.63, 3.8) is 0 Å². The molecule has 0 aliphatic carbocycles. The smallest absolute Gasteiger partial charge is 0.377 e. The topological polar surface area (TPSA) is 76.3 Å². The molecular formula is C11H18F3N5O. The van der Waals surface area contributed by atoms with Gasteiger partial charge in [0.1, 0.15) is 24.8 Å². The third-order valence-electron chi connectivity index (χ3n) is 2.45. The van der Waals surface area contributed by atoms with Crippen LogP contribution in [0.15, 0.2) is 6.07 Å². The molecule has 1 heterocycles. The molecule has 0 unspecified atom stereocenters. The number of aromatic nitrogens is 2. The molecule has 1 rings (SSSR count). The molecule has 0 saturated carbocycles. The summed E-state index contributed by atoms with van der Waals surface area (Å²) in [6.07, 6.45) is -4.33. The lowest BCUT2D eigenvalue weighted by Crippen LogP contribution is -2.40. The van der Waals surface area contributed by atoms with Gasteiger partial charge < -0.3 is 15.1 Å². The molecule has 0 spiro atoms. The van der Waals surface area contributed by atoms with Crippen LogP contribution in [0.4, 0.5) is 24.8 Å². The highest BCUT2D eigenvalue weighted by Crippen LogP contribution is 2.24. The fourth-order valence-electron chi connectivity index (χ4n) is 1.62. The van der Waals surface area contributed by atoms with Gasteiger partial charge in [0.25, 0.3) is 0 Å². The summed E-state index contributed by atoms with van der Waals surface area (Å²) < 4.78 is 42.8.